The normalized spacial score (nSPS) is 11.1. The fourth-order valence-electron chi connectivity index (χ4n) is 2.91. The third-order valence-electron chi connectivity index (χ3n) is 4.60. The first-order chi connectivity index (χ1) is 13.6. The molecule has 3 heterocycles. The van der Waals surface area contributed by atoms with Crippen LogP contribution < -0.4 is 5.32 Å². The van der Waals surface area contributed by atoms with Crippen molar-refractivity contribution in [2.45, 2.75) is 40.4 Å². The molecule has 0 saturated carbocycles. The lowest BCUT2D eigenvalue weighted by atomic mass is 10.2. The molecule has 0 spiro atoms. The van der Waals surface area contributed by atoms with E-state index in [1.165, 1.54) is 16.7 Å². The Kier molecular flexibility index (Phi) is 7.23. The molecule has 0 atom stereocenters. The first-order valence-corrected chi connectivity index (χ1v) is 9.76. The van der Waals surface area contributed by atoms with Gasteiger partial charge in [-0.3, -0.25) is 19.9 Å². The Hall–Kier alpha value is -2.63. The lowest BCUT2D eigenvalue weighted by molar-refractivity contribution is 0.250. The van der Waals surface area contributed by atoms with Gasteiger partial charge >= 0.3 is 0 Å². The minimum atomic E-state index is 0.777. The second-order valence-corrected chi connectivity index (χ2v) is 7.37. The highest BCUT2D eigenvalue weighted by Gasteiger charge is 2.09. The molecule has 0 fully saturated rings. The summed E-state index contributed by atoms with van der Waals surface area (Å²) in [6, 6.07) is 12.6. The third-order valence-corrected chi connectivity index (χ3v) is 4.60. The first kappa shape index (κ1) is 20.1. The molecule has 1 N–H and O–H groups in total. The minimum absolute atomic E-state index is 0.777. The highest BCUT2D eigenvalue weighted by atomic mass is 15.1. The molecule has 0 aliphatic carbocycles. The van der Waals surface area contributed by atoms with Gasteiger partial charge in [0.25, 0.3) is 0 Å². The minimum Gasteiger partial charge on any atom is -0.310 e. The molecular formula is C23H29N5. The number of hydrogen-bond donors (Lipinski definition) is 1. The lowest BCUT2D eigenvalue weighted by Gasteiger charge is -2.22. The second kappa shape index (κ2) is 10.1. The van der Waals surface area contributed by atoms with Crippen LogP contribution in [0.1, 0.15) is 33.8 Å². The van der Waals surface area contributed by atoms with Crippen LogP contribution in [0.3, 0.4) is 0 Å². The predicted molar refractivity (Wildman–Crippen MR) is 113 cm³/mol. The van der Waals surface area contributed by atoms with Gasteiger partial charge in [-0.05, 0) is 55.7 Å². The molecule has 5 heteroatoms. The smallest absolute Gasteiger partial charge is 0.0544 e. The number of hydrogen-bond acceptors (Lipinski definition) is 5. The van der Waals surface area contributed by atoms with Crippen LogP contribution in [0.15, 0.2) is 55.0 Å². The maximum absolute atomic E-state index is 4.57. The molecular weight excluding hydrogens is 346 g/mol. The Morgan fingerprint density at radius 3 is 1.57 bits per heavy atom. The van der Waals surface area contributed by atoms with Gasteiger partial charge in [-0.2, -0.15) is 0 Å². The summed E-state index contributed by atoms with van der Waals surface area (Å²) in [5.74, 6) is 0. The summed E-state index contributed by atoms with van der Waals surface area (Å²) in [6.45, 7) is 10.4. The van der Waals surface area contributed by atoms with E-state index in [4.69, 9.17) is 0 Å². The molecule has 0 aromatic carbocycles. The van der Waals surface area contributed by atoms with Crippen molar-refractivity contribution in [1.29, 1.82) is 0 Å². The summed E-state index contributed by atoms with van der Waals surface area (Å²) in [5, 5.41) is 3.50. The Balaban J connectivity index is 1.57. The van der Waals surface area contributed by atoms with Crippen molar-refractivity contribution in [3.05, 3.63) is 88.8 Å². The quantitative estimate of drug-likeness (QED) is 0.579. The maximum Gasteiger partial charge on any atom is 0.0544 e. The van der Waals surface area contributed by atoms with Crippen LogP contribution in [0.25, 0.3) is 0 Å². The lowest BCUT2D eigenvalue weighted by Crippen LogP contribution is -2.32. The van der Waals surface area contributed by atoms with Gasteiger partial charge in [0.15, 0.2) is 0 Å². The fourth-order valence-corrected chi connectivity index (χ4v) is 2.91. The highest BCUT2D eigenvalue weighted by molar-refractivity contribution is 5.14. The molecule has 0 aliphatic heterocycles. The number of nitrogens with one attached hydrogen (secondary N) is 1. The largest absolute Gasteiger partial charge is 0.310 e. The average molecular weight is 376 g/mol. The highest BCUT2D eigenvalue weighted by Crippen LogP contribution is 2.08. The van der Waals surface area contributed by atoms with E-state index in [0.717, 1.165) is 49.8 Å². The number of nitrogens with zero attached hydrogens (tertiary/aromatic N) is 4. The van der Waals surface area contributed by atoms with Gasteiger partial charge in [-0.25, -0.2) is 0 Å². The van der Waals surface area contributed by atoms with Gasteiger partial charge in [0.1, 0.15) is 0 Å². The molecule has 5 nitrogen and oxygen atoms in total. The van der Waals surface area contributed by atoms with Crippen molar-refractivity contribution < 1.29 is 0 Å². The summed E-state index contributed by atoms with van der Waals surface area (Å²) in [7, 11) is 0. The number of pyridine rings is 3. The molecule has 28 heavy (non-hydrogen) atoms. The third kappa shape index (κ3) is 6.51. The van der Waals surface area contributed by atoms with Gasteiger partial charge in [-0.1, -0.05) is 18.2 Å². The van der Waals surface area contributed by atoms with Crippen molar-refractivity contribution in [2.24, 2.45) is 0 Å². The van der Waals surface area contributed by atoms with Crippen molar-refractivity contribution in [3.63, 3.8) is 0 Å². The first-order valence-electron chi connectivity index (χ1n) is 9.76. The van der Waals surface area contributed by atoms with Crippen LogP contribution in [-0.4, -0.2) is 32.9 Å². The van der Waals surface area contributed by atoms with E-state index in [1.54, 1.807) is 0 Å². The number of aromatic nitrogens is 3. The molecule has 3 aromatic rings. The Morgan fingerprint density at radius 1 is 0.679 bits per heavy atom. The van der Waals surface area contributed by atoms with E-state index in [9.17, 15) is 0 Å². The van der Waals surface area contributed by atoms with Gasteiger partial charge in [-0.15, -0.1) is 0 Å². The van der Waals surface area contributed by atoms with Crippen LogP contribution in [-0.2, 0) is 19.6 Å². The van der Waals surface area contributed by atoms with E-state index in [0.29, 0.717) is 0 Å². The Morgan fingerprint density at radius 2 is 1.14 bits per heavy atom. The summed E-state index contributed by atoms with van der Waals surface area (Å²) >= 11 is 0. The molecule has 3 rings (SSSR count). The van der Waals surface area contributed by atoms with Gasteiger partial charge in [0.2, 0.25) is 0 Å². The van der Waals surface area contributed by atoms with Crippen molar-refractivity contribution in [2.75, 3.05) is 13.1 Å². The van der Waals surface area contributed by atoms with E-state index in [2.05, 4.69) is 82.3 Å². The molecule has 146 valence electrons. The Labute approximate surface area is 167 Å². The van der Waals surface area contributed by atoms with Crippen molar-refractivity contribution >= 4 is 0 Å². The number of rotatable bonds is 9. The zero-order valence-electron chi connectivity index (χ0n) is 17.0. The second-order valence-electron chi connectivity index (χ2n) is 7.37. The van der Waals surface area contributed by atoms with Crippen LogP contribution in [0.2, 0.25) is 0 Å². The van der Waals surface area contributed by atoms with Gasteiger partial charge in [0.05, 0.1) is 17.1 Å². The summed E-state index contributed by atoms with van der Waals surface area (Å²) in [4.78, 5) is 16.0. The van der Waals surface area contributed by atoms with Crippen LogP contribution in [0.4, 0.5) is 0 Å². The number of aryl methyl sites for hydroxylation is 3. The van der Waals surface area contributed by atoms with Crippen LogP contribution in [0, 0.1) is 20.8 Å². The maximum atomic E-state index is 4.57. The fraction of sp³-hybridized carbons (Fsp3) is 0.348. The van der Waals surface area contributed by atoms with E-state index >= 15 is 0 Å². The van der Waals surface area contributed by atoms with E-state index in [1.807, 2.05) is 18.6 Å². The van der Waals surface area contributed by atoms with Crippen LogP contribution >= 0.6 is 0 Å². The standard InChI is InChI=1S/C23H29N5/c1-18-4-7-21(25-12-18)15-24-10-11-28(16-22-8-5-19(2)13-26-22)17-23-9-6-20(3)14-27-23/h4-9,12-14,24H,10-11,15-17H2,1-3H3. The zero-order valence-corrected chi connectivity index (χ0v) is 17.0. The zero-order chi connectivity index (χ0) is 19.8. The van der Waals surface area contributed by atoms with Crippen LogP contribution in [0.5, 0.6) is 0 Å². The molecule has 0 saturated heterocycles. The van der Waals surface area contributed by atoms with Crippen molar-refractivity contribution in [3.8, 4) is 0 Å². The monoisotopic (exact) mass is 375 g/mol. The predicted octanol–water partition coefficient (Wildman–Crippen LogP) is 3.59. The SMILES string of the molecule is Cc1ccc(CNCCN(Cc2ccc(C)cn2)Cc2ccc(C)cn2)nc1. The van der Waals surface area contributed by atoms with E-state index < -0.39 is 0 Å². The average Bonchev–Trinajstić information content (AvgIpc) is 2.70. The van der Waals surface area contributed by atoms with Gasteiger partial charge < -0.3 is 5.32 Å². The molecule has 0 unspecified atom stereocenters. The topological polar surface area (TPSA) is 53.9 Å². The molecule has 0 bridgehead atoms. The summed E-state index contributed by atoms with van der Waals surface area (Å²) in [5.41, 5.74) is 6.78. The summed E-state index contributed by atoms with van der Waals surface area (Å²) < 4.78 is 0. The Bertz CT molecular complexity index is 794. The van der Waals surface area contributed by atoms with Crippen molar-refractivity contribution in [1.82, 2.24) is 25.2 Å². The van der Waals surface area contributed by atoms with Gasteiger partial charge in [0, 0.05) is 51.3 Å². The molecule has 0 aliphatic rings. The molecule has 0 amide bonds. The molecule has 3 aromatic heterocycles. The van der Waals surface area contributed by atoms with E-state index in [-0.39, 0.29) is 0 Å². The molecule has 0 radical (unpaired) electrons. The summed E-state index contributed by atoms with van der Waals surface area (Å²) in [6.07, 6.45) is 5.77.